The van der Waals surface area contributed by atoms with Gasteiger partial charge in [0.1, 0.15) is 0 Å². The predicted molar refractivity (Wildman–Crippen MR) is 58.4 cm³/mol. The number of halogens is 2. The van der Waals surface area contributed by atoms with Crippen molar-refractivity contribution in [2.75, 3.05) is 26.2 Å². The Bertz CT molecular complexity index is 187. The first-order chi connectivity index (χ1) is 7.14. The molecule has 1 heterocycles. The SMILES string of the molecule is CCNC1(C(F)F)CCCN(CC)CC1. The first kappa shape index (κ1) is 12.8. The standard InChI is InChI=1S/C11H22F2N2/c1-3-14-11(10(12)13)6-5-8-15(4-2)9-7-11/h10,14H,3-9H2,1-2H3. The second kappa shape index (κ2) is 5.75. The van der Waals surface area contributed by atoms with E-state index < -0.39 is 12.0 Å². The van der Waals surface area contributed by atoms with Gasteiger partial charge in [-0.05, 0) is 38.9 Å². The highest BCUT2D eigenvalue weighted by Gasteiger charge is 2.39. The highest BCUT2D eigenvalue weighted by molar-refractivity contribution is 4.93. The van der Waals surface area contributed by atoms with E-state index in [2.05, 4.69) is 17.1 Å². The van der Waals surface area contributed by atoms with Crippen molar-refractivity contribution in [2.45, 2.75) is 45.1 Å². The first-order valence-corrected chi connectivity index (χ1v) is 5.90. The molecule has 1 rings (SSSR count). The predicted octanol–water partition coefficient (Wildman–Crippen LogP) is 2.11. The topological polar surface area (TPSA) is 15.3 Å². The van der Waals surface area contributed by atoms with E-state index in [0.717, 1.165) is 26.1 Å². The van der Waals surface area contributed by atoms with Gasteiger partial charge in [0, 0.05) is 6.54 Å². The lowest BCUT2D eigenvalue weighted by Gasteiger charge is -2.32. The molecular weight excluding hydrogens is 198 g/mol. The fourth-order valence-corrected chi connectivity index (χ4v) is 2.35. The van der Waals surface area contributed by atoms with Crippen LogP contribution >= 0.6 is 0 Å². The molecule has 1 aliphatic rings. The maximum absolute atomic E-state index is 13.1. The molecule has 1 saturated heterocycles. The van der Waals surface area contributed by atoms with Crippen molar-refractivity contribution in [2.24, 2.45) is 0 Å². The van der Waals surface area contributed by atoms with Crippen LogP contribution in [0.4, 0.5) is 8.78 Å². The molecule has 0 aromatic heterocycles. The molecule has 0 amide bonds. The largest absolute Gasteiger partial charge is 0.307 e. The van der Waals surface area contributed by atoms with E-state index in [4.69, 9.17) is 0 Å². The van der Waals surface area contributed by atoms with Crippen LogP contribution in [0.25, 0.3) is 0 Å². The van der Waals surface area contributed by atoms with Crippen LogP contribution in [0.3, 0.4) is 0 Å². The summed E-state index contributed by atoms with van der Waals surface area (Å²) in [5.41, 5.74) is -0.932. The number of hydrogen-bond acceptors (Lipinski definition) is 2. The van der Waals surface area contributed by atoms with Crippen molar-refractivity contribution in [1.29, 1.82) is 0 Å². The van der Waals surface area contributed by atoms with Crippen LogP contribution in [0, 0.1) is 0 Å². The fraction of sp³-hybridized carbons (Fsp3) is 1.00. The summed E-state index contributed by atoms with van der Waals surface area (Å²) in [6.45, 7) is 7.31. The van der Waals surface area contributed by atoms with Crippen molar-refractivity contribution in [3.8, 4) is 0 Å². The number of nitrogens with one attached hydrogen (secondary N) is 1. The molecule has 0 saturated carbocycles. The summed E-state index contributed by atoms with van der Waals surface area (Å²) in [6.07, 6.45) is -0.235. The molecule has 2 nitrogen and oxygen atoms in total. The lowest BCUT2D eigenvalue weighted by molar-refractivity contribution is 0.0213. The number of nitrogens with zero attached hydrogens (tertiary/aromatic N) is 1. The van der Waals surface area contributed by atoms with E-state index in [1.165, 1.54) is 0 Å². The maximum Gasteiger partial charge on any atom is 0.256 e. The monoisotopic (exact) mass is 220 g/mol. The number of hydrogen-bond donors (Lipinski definition) is 1. The molecule has 1 N–H and O–H groups in total. The van der Waals surface area contributed by atoms with E-state index in [0.29, 0.717) is 19.4 Å². The zero-order valence-electron chi connectivity index (χ0n) is 9.73. The normalized spacial score (nSPS) is 29.4. The molecule has 0 radical (unpaired) electrons. The average molecular weight is 220 g/mol. The van der Waals surface area contributed by atoms with E-state index in [-0.39, 0.29) is 0 Å². The third-order valence-electron chi connectivity index (χ3n) is 3.37. The summed E-state index contributed by atoms with van der Waals surface area (Å²) in [7, 11) is 0. The van der Waals surface area contributed by atoms with E-state index in [1.54, 1.807) is 0 Å². The minimum absolute atomic E-state index is 0.562. The Morgan fingerprint density at radius 2 is 2.00 bits per heavy atom. The van der Waals surface area contributed by atoms with Crippen molar-refractivity contribution in [1.82, 2.24) is 10.2 Å². The minimum atomic E-state index is -2.26. The van der Waals surface area contributed by atoms with E-state index >= 15 is 0 Å². The zero-order chi connectivity index (χ0) is 11.3. The minimum Gasteiger partial charge on any atom is -0.307 e. The molecule has 0 bridgehead atoms. The molecular formula is C11H22F2N2. The highest BCUT2D eigenvalue weighted by Crippen LogP contribution is 2.28. The first-order valence-electron chi connectivity index (χ1n) is 5.90. The molecule has 15 heavy (non-hydrogen) atoms. The Morgan fingerprint density at radius 3 is 2.53 bits per heavy atom. The third kappa shape index (κ3) is 3.11. The van der Waals surface area contributed by atoms with Crippen molar-refractivity contribution >= 4 is 0 Å². The maximum atomic E-state index is 13.1. The molecule has 90 valence electrons. The third-order valence-corrected chi connectivity index (χ3v) is 3.37. The molecule has 1 unspecified atom stereocenters. The quantitative estimate of drug-likeness (QED) is 0.780. The van der Waals surface area contributed by atoms with Crippen molar-refractivity contribution < 1.29 is 8.78 Å². The van der Waals surface area contributed by atoms with Crippen molar-refractivity contribution in [3.05, 3.63) is 0 Å². The molecule has 0 spiro atoms. The smallest absolute Gasteiger partial charge is 0.256 e. The van der Waals surface area contributed by atoms with Gasteiger partial charge in [-0.1, -0.05) is 13.8 Å². The van der Waals surface area contributed by atoms with Crippen LogP contribution in [0.2, 0.25) is 0 Å². The second-order valence-electron chi connectivity index (χ2n) is 4.27. The van der Waals surface area contributed by atoms with Crippen LogP contribution < -0.4 is 5.32 Å². The fourth-order valence-electron chi connectivity index (χ4n) is 2.35. The molecule has 1 fully saturated rings. The Kier molecular flexibility index (Phi) is 4.93. The summed E-state index contributed by atoms with van der Waals surface area (Å²) < 4.78 is 26.2. The van der Waals surface area contributed by atoms with Crippen LogP contribution in [0.5, 0.6) is 0 Å². The Balaban J connectivity index is 2.64. The Morgan fingerprint density at radius 1 is 1.27 bits per heavy atom. The number of rotatable bonds is 4. The summed E-state index contributed by atoms with van der Waals surface area (Å²) in [4.78, 5) is 2.25. The van der Waals surface area contributed by atoms with Gasteiger partial charge in [0.25, 0.3) is 6.43 Å². The second-order valence-corrected chi connectivity index (χ2v) is 4.27. The van der Waals surface area contributed by atoms with Gasteiger partial charge in [-0.2, -0.15) is 0 Å². The summed E-state index contributed by atoms with van der Waals surface area (Å²) in [5.74, 6) is 0. The molecule has 4 heteroatoms. The molecule has 1 aliphatic heterocycles. The van der Waals surface area contributed by atoms with Gasteiger partial charge in [-0.25, -0.2) is 8.78 Å². The van der Waals surface area contributed by atoms with Gasteiger partial charge in [-0.3, -0.25) is 0 Å². The van der Waals surface area contributed by atoms with Crippen LogP contribution in [-0.4, -0.2) is 43.0 Å². The van der Waals surface area contributed by atoms with Gasteiger partial charge in [-0.15, -0.1) is 0 Å². The van der Waals surface area contributed by atoms with Crippen LogP contribution in [0.15, 0.2) is 0 Å². The Labute approximate surface area is 91.0 Å². The molecule has 1 atom stereocenters. The van der Waals surface area contributed by atoms with Crippen LogP contribution in [0.1, 0.15) is 33.1 Å². The average Bonchev–Trinajstić information content (AvgIpc) is 2.42. The zero-order valence-corrected chi connectivity index (χ0v) is 9.73. The molecule has 0 aromatic carbocycles. The van der Waals surface area contributed by atoms with Gasteiger partial charge in [0.05, 0.1) is 5.54 Å². The molecule has 0 aromatic rings. The lowest BCUT2D eigenvalue weighted by atomic mass is 9.91. The van der Waals surface area contributed by atoms with E-state index in [1.807, 2.05) is 6.92 Å². The van der Waals surface area contributed by atoms with Crippen molar-refractivity contribution in [3.63, 3.8) is 0 Å². The summed E-state index contributed by atoms with van der Waals surface area (Å²) in [5, 5.41) is 3.01. The van der Waals surface area contributed by atoms with Gasteiger partial charge >= 0.3 is 0 Å². The lowest BCUT2D eigenvalue weighted by Crippen LogP contribution is -2.51. The Hall–Kier alpha value is -0.220. The van der Waals surface area contributed by atoms with Crippen LogP contribution in [-0.2, 0) is 0 Å². The van der Waals surface area contributed by atoms with E-state index in [9.17, 15) is 8.78 Å². The van der Waals surface area contributed by atoms with Gasteiger partial charge in [0.2, 0.25) is 0 Å². The number of likely N-dealkylation sites (tertiary alicyclic amines) is 1. The summed E-state index contributed by atoms with van der Waals surface area (Å²) >= 11 is 0. The summed E-state index contributed by atoms with van der Waals surface area (Å²) in [6, 6.07) is 0. The van der Waals surface area contributed by atoms with Gasteiger partial charge < -0.3 is 10.2 Å². The molecule has 0 aliphatic carbocycles. The number of alkyl halides is 2. The van der Waals surface area contributed by atoms with Gasteiger partial charge in [0.15, 0.2) is 0 Å². The highest BCUT2D eigenvalue weighted by atomic mass is 19.3.